The maximum atomic E-state index is 11.6. The Morgan fingerprint density at radius 2 is 2.15 bits per heavy atom. The Bertz CT molecular complexity index is 456. The van der Waals surface area contributed by atoms with Crippen LogP contribution >= 0.6 is 0 Å². The van der Waals surface area contributed by atoms with Crippen LogP contribution < -0.4 is 10.6 Å². The molecule has 20 heavy (non-hydrogen) atoms. The monoisotopic (exact) mass is 282 g/mol. The second kappa shape index (κ2) is 7.52. The van der Waals surface area contributed by atoms with Gasteiger partial charge in [-0.15, -0.1) is 0 Å². The van der Waals surface area contributed by atoms with Gasteiger partial charge in [0.25, 0.3) is 0 Å². The van der Waals surface area contributed by atoms with Crippen molar-refractivity contribution < 1.29 is 14.7 Å². The van der Waals surface area contributed by atoms with E-state index in [1.165, 1.54) is 0 Å². The number of carboxylic acids is 1. The van der Waals surface area contributed by atoms with E-state index >= 15 is 0 Å². The smallest absolute Gasteiger partial charge is 0.326 e. The van der Waals surface area contributed by atoms with Crippen molar-refractivity contribution in [2.75, 3.05) is 6.54 Å². The van der Waals surface area contributed by atoms with Crippen molar-refractivity contribution in [3.05, 3.63) is 18.2 Å². The number of amides is 2. The van der Waals surface area contributed by atoms with Crippen LogP contribution in [-0.2, 0) is 18.3 Å². The number of nitrogens with one attached hydrogen (secondary N) is 2. The molecule has 3 N–H and O–H groups in total. The van der Waals surface area contributed by atoms with Gasteiger partial charge in [0.15, 0.2) is 0 Å². The van der Waals surface area contributed by atoms with E-state index in [4.69, 9.17) is 5.11 Å². The summed E-state index contributed by atoms with van der Waals surface area (Å²) in [4.78, 5) is 26.8. The fraction of sp³-hybridized carbons (Fsp3) is 0.615. The second-order valence-electron chi connectivity index (χ2n) is 5.12. The molecule has 1 atom stereocenters. The first-order valence-electron chi connectivity index (χ1n) is 6.63. The van der Waals surface area contributed by atoms with E-state index in [2.05, 4.69) is 15.6 Å². The zero-order valence-electron chi connectivity index (χ0n) is 12.1. The van der Waals surface area contributed by atoms with Crippen LogP contribution in [0.25, 0.3) is 0 Å². The highest BCUT2D eigenvalue weighted by atomic mass is 16.4. The molecule has 1 heterocycles. The summed E-state index contributed by atoms with van der Waals surface area (Å²) in [6.45, 7) is 4.23. The average molecular weight is 282 g/mol. The maximum absolute atomic E-state index is 11.6. The molecule has 0 aliphatic carbocycles. The summed E-state index contributed by atoms with van der Waals surface area (Å²) < 4.78 is 1.87. The number of hydrogen-bond acceptors (Lipinski definition) is 3. The Morgan fingerprint density at radius 3 is 2.65 bits per heavy atom. The van der Waals surface area contributed by atoms with E-state index in [9.17, 15) is 9.59 Å². The molecule has 0 saturated carbocycles. The summed E-state index contributed by atoms with van der Waals surface area (Å²) in [7, 11) is 1.88. The molecular formula is C13H22N4O3. The lowest BCUT2D eigenvalue weighted by Crippen LogP contribution is -2.47. The highest BCUT2D eigenvalue weighted by Crippen LogP contribution is 2.04. The number of urea groups is 1. The second-order valence-corrected chi connectivity index (χ2v) is 5.12. The van der Waals surface area contributed by atoms with Crippen molar-refractivity contribution >= 4 is 12.0 Å². The lowest BCUT2D eigenvalue weighted by Gasteiger charge is -2.16. The molecule has 0 spiro atoms. The molecule has 0 unspecified atom stereocenters. The Balaban J connectivity index is 2.35. The predicted molar refractivity (Wildman–Crippen MR) is 74.3 cm³/mol. The Kier molecular flexibility index (Phi) is 6.02. The fourth-order valence-corrected chi connectivity index (χ4v) is 1.83. The Labute approximate surface area is 118 Å². The number of aryl methyl sites for hydroxylation is 1. The van der Waals surface area contributed by atoms with Crippen LogP contribution in [0, 0.1) is 5.92 Å². The van der Waals surface area contributed by atoms with Crippen molar-refractivity contribution in [1.29, 1.82) is 0 Å². The SMILES string of the molecule is CC(C)C[C@@H](NC(=O)NCCc1nccn1C)C(=O)O. The third-order valence-corrected chi connectivity index (χ3v) is 2.87. The minimum Gasteiger partial charge on any atom is -0.480 e. The van der Waals surface area contributed by atoms with Crippen molar-refractivity contribution in [2.24, 2.45) is 13.0 Å². The lowest BCUT2D eigenvalue weighted by molar-refractivity contribution is -0.139. The minimum atomic E-state index is -1.02. The van der Waals surface area contributed by atoms with Crippen LogP contribution in [0.4, 0.5) is 4.79 Å². The summed E-state index contributed by atoms with van der Waals surface area (Å²) in [5.74, 6) is 0.0455. The number of carbonyl (C=O) groups excluding carboxylic acids is 1. The van der Waals surface area contributed by atoms with Gasteiger partial charge in [-0.05, 0) is 12.3 Å². The van der Waals surface area contributed by atoms with Crippen LogP contribution in [-0.4, -0.2) is 39.2 Å². The van der Waals surface area contributed by atoms with Crippen molar-refractivity contribution in [2.45, 2.75) is 32.7 Å². The Hall–Kier alpha value is -2.05. The molecule has 1 rings (SSSR count). The molecule has 2 amide bonds. The molecule has 7 heteroatoms. The molecule has 7 nitrogen and oxygen atoms in total. The summed E-state index contributed by atoms with van der Waals surface area (Å²) >= 11 is 0. The van der Waals surface area contributed by atoms with Crippen LogP contribution in [0.15, 0.2) is 12.4 Å². The number of imidazole rings is 1. The zero-order valence-corrected chi connectivity index (χ0v) is 12.1. The summed E-state index contributed by atoms with van der Waals surface area (Å²) in [6.07, 6.45) is 4.53. The van der Waals surface area contributed by atoms with Gasteiger partial charge in [-0.3, -0.25) is 0 Å². The van der Waals surface area contributed by atoms with Gasteiger partial charge < -0.3 is 20.3 Å². The molecule has 0 aromatic carbocycles. The lowest BCUT2D eigenvalue weighted by atomic mass is 10.0. The summed E-state index contributed by atoms with van der Waals surface area (Å²) in [6, 6.07) is -1.32. The summed E-state index contributed by atoms with van der Waals surface area (Å²) in [5.41, 5.74) is 0. The van der Waals surface area contributed by atoms with Gasteiger partial charge >= 0.3 is 12.0 Å². The standard InChI is InChI=1S/C13H22N4O3/c1-9(2)8-10(12(18)19)16-13(20)15-5-4-11-14-6-7-17(11)3/h6-7,9-10H,4-5,8H2,1-3H3,(H,18,19)(H2,15,16,20)/t10-/m1/s1. The molecule has 0 aliphatic rings. The molecule has 0 aliphatic heterocycles. The number of hydrogen-bond donors (Lipinski definition) is 3. The van der Waals surface area contributed by atoms with Gasteiger partial charge in [0, 0.05) is 32.4 Å². The number of aromatic nitrogens is 2. The third-order valence-electron chi connectivity index (χ3n) is 2.87. The van der Waals surface area contributed by atoms with Gasteiger partial charge in [0.2, 0.25) is 0 Å². The number of carboxylic acid groups (broad SMARTS) is 1. The average Bonchev–Trinajstić information content (AvgIpc) is 2.73. The van der Waals surface area contributed by atoms with Gasteiger partial charge in [0.1, 0.15) is 11.9 Å². The number of aliphatic carboxylic acids is 1. The highest BCUT2D eigenvalue weighted by Gasteiger charge is 2.20. The normalized spacial score (nSPS) is 12.2. The quantitative estimate of drug-likeness (QED) is 0.688. The van der Waals surface area contributed by atoms with Crippen molar-refractivity contribution in [1.82, 2.24) is 20.2 Å². The maximum Gasteiger partial charge on any atom is 0.326 e. The van der Waals surface area contributed by atoms with Crippen LogP contribution in [0.2, 0.25) is 0 Å². The zero-order chi connectivity index (χ0) is 15.1. The van der Waals surface area contributed by atoms with E-state index < -0.39 is 18.0 Å². The molecule has 1 aromatic heterocycles. The van der Waals surface area contributed by atoms with Crippen LogP contribution in [0.1, 0.15) is 26.1 Å². The molecule has 0 fully saturated rings. The number of nitrogens with zero attached hydrogens (tertiary/aromatic N) is 2. The largest absolute Gasteiger partial charge is 0.480 e. The van der Waals surface area contributed by atoms with E-state index in [1.54, 1.807) is 6.20 Å². The fourth-order valence-electron chi connectivity index (χ4n) is 1.83. The molecule has 1 aromatic rings. The van der Waals surface area contributed by atoms with Crippen LogP contribution in [0.5, 0.6) is 0 Å². The molecule has 0 saturated heterocycles. The van der Waals surface area contributed by atoms with E-state index in [1.807, 2.05) is 31.7 Å². The van der Waals surface area contributed by atoms with E-state index in [0.717, 1.165) is 5.82 Å². The van der Waals surface area contributed by atoms with Gasteiger partial charge in [-0.1, -0.05) is 13.8 Å². The van der Waals surface area contributed by atoms with Gasteiger partial charge in [0.05, 0.1) is 0 Å². The van der Waals surface area contributed by atoms with E-state index in [0.29, 0.717) is 19.4 Å². The first-order chi connectivity index (χ1) is 9.40. The minimum absolute atomic E-state index is 0.198. The molecule has 0 radical (unpaired) electrons. The Morgan fingerprint density at radius 1 is 1.45 bits per heavy atom. The summed E-state index contributed by atoms with van der Waals surface area (Å²) in [5, 5.41) is 14.1. The predicted octanol–water partition coefficient (Wildman–Crippen LogP) is 0.761. The van der Waals surface area contributed by atoms with Gasteiger partial charge in [-0.25, -0.2) is 14.6 Å². The van der Waals surface area contributed by atoms with E-state index in [-0.39, 0.29) is 5.92 Å². The van der Waals surface area contributed by atoms with Gasteiger partial charge in [-0.2, -0.15) is 0 Å². The molecule has 0 bridgehead atoms. The van der Waals surface area contributed by atoms with Crippen molar-refractivity contribution in [3.8, 4) is 0 Å². The number of rotatable bonds is 7. The highest BCUT2D eigenvalue weighted by molar-refractivity contribution is 5.82. The topological polar surface area (TPSA) is 96.3 Å². The first-order valence-corrected chi connectivity index (χ1v) is 6.63. The first kappa shape index (κ1) is 16.0. The van der Waals surface area contributed by atoms with Crippen LogP contribution in [0.3, 0.4) is 0 Å². The molecule has 112 valence electrons. The van der Waals surface area contributed by atoms with Crippen molar-refractivity contribution in [3.63, 3.8) is 0 Å². The molecular weight excluding hydrogens is 260 g/mol. The third kappa shape index (κ3) is 5.29. The number of carbonyl (C=O) groups is 2.